The van der Waals surface area contributed by atoms with Crippen LogP contribution in [0, 0.1) is 0 Å². The summed E-state index contributed by atoms with van der Waals surface area (Å²) in [5, 5.41) is 12.3. The fourth-order valence-electron chi connectivity index (χ4n) is 1.88. The maximum Gasteiger partial charge on any atom is 0.303 e. The summed E-state index contributed by atoms with van der Waals surface area (Å²) in [5.74, 6) is -0.0290. The zero-order chi connectivity index (χ0) is 16.6. The van der Waals surface area contributed by atoms with Gasteiger partial charge in [-0.05, 0) is 56.7 Å². The molecule has 0 heterocycles. The Morgan fingerprint density at radius 3 is 2.45 bits per heavy atom. The molecule has 2 N–H and O–H groups in total. The summed E-state index contributed by atoms with van der Waals surface area (Å²) in [4.78, 5) is 23.6. The fourth-order valence-corrected chi connectivity index (χ4v) is 2.85. The van der Waals surface area contributed by atoms with Gasteiger partial charge >= 0.3 is 5.97 Å². The summed E-state index contributed by atoms with van der Waals surface area (Å²) in [7, 11) is 0. The number of carbonyl (C=O) groups is 2. The van der Waals surface area contributed by atoms with Gasteiger partial charge in [-0.25, -0.2) is 0 Å². The number of hydrogen-bond donors (Lipinski definition) is 2. The van der Waals surface area contributed by atoms with Crippen molar-refractivity contribution in [3.8, 4) is 0 Å². The van der Waals surface area contributed by atoms with Crippen LogP contribution in [0.3, 0.4) is 0 Å². The van der Waals surface area contributed by atoms with Crippen LogP contribution in [0.5, 0.6) is 0 Å². The van der Waals surface area contributed by atoms with Crippen LogP contribution >= 0.6 is 23.4 Å². The van der Waals surface area contributed by atoms with Crippen molar-refractivity contribution < 1.29 is 14.7 Å². The predicted molar refractivity (Wildman–Crippen MR) is 90.5 cm³/mol. The number of aliphatic carboxylic acids is 1. The molecule has 0 spiro atoms. The SMILES string of the molecule is CC(C)(CCC(=O)O)NC(=O)CCCSc1ccc(Cl)cc1. The molecule has 1 amide bonds. The van der Waals surface area contributed by atoms with E-state index >= 15 is 0 Å². The Labute approximate surface area is 140 Å². The zero-order valence-electron chi connectivity index (χ0n) is 12.9. The van der Waals surface area contributed by atoms with E-state index in [4.69, 9.17) is 16.7 Å². The highest BCUT2D eigenvalue weighted by molar-refractivity contribution is 7.99. The van der Waals surface area contributed by atoms with E-state index in [1.165, 1.54) is 0 Å². The molecule has 0 atom stereocenters. The molecule has 0 fully saturated rings. The van der Waals surface area contributed by atoms with E-state index in [2.05, 4.69) is 5.32 Å². The molecule has 0 saturated heterocycles. The minimum Gasteiger partial charge on any atom is -0.481 e. The number of thioether (sulfide) groups is 1. The van der Waals surface area contributed by atoms with Gasteiger partial charge in [-0.15, -0.1) is 11.8 Å². The number of benzene rings is 1. The lowest BCUT2D eigenvalue weighted by Crippen LogP contribution is -2.43. The lowest BCUT2D eigenvalue weighted by Gasteiger charge is -2.25. The minimum atomic E-state index is -0.846. The first-order chi connectivity index (χ1) is 10.3. The van der Waals surface area contributed by atoms with Gasteiger partial charge in [0.05, 0.1) is 0 Å². The summed E-state index contributed by atoms with van der Waals surface area (Å²) >= 11 is 7.51. The third-order valence-electron chi connectivity index (χ3n) is 3.07. The topological polar surface area (TPSA) is 66.4 Å². The van der Waals surface area contributed by atoms with Gasteiger partial charge in [0.15, 0.2) is 0 Å². The fraction of sp³-hybridized carbons (Fsp3) is 0.500. The number of carboxylic acid groups (broad SMARTS) is 1. The molecular weight excluding hydrogens is 322 g/mol. The molecule has 122 valence electrons. The molecule has 0 aliphatic carbocycles. The van der Waals surface area contributed by atoms with E-state index in [9.17, 15) is 9.59 Å². The molecule has 1 rings (SSSR count). The Balaban J connectivity index is 2.22. The summed E-state index contributed by atoms with van der Waals surface area (Å²) in [6, 6.07) is 7.62. The molecule has 0 saturated carbocycles. The van der Waals surface area contributed by atoms with Crippen molar-refractivity contribution in [2.75, 3.05) is 5.75 Å². The maximum absolute atomic E-state index is 11.9. The number of hydrogen-bond acceptors (Lipinski definition) is 3. The Morgan fingerprint density at radius 2 is 1.86 bits per heavy atom. The number of rotatable bonds is 9. The van der Waals surface area contributed by atoms with E-state index in [-0.39, 0.29) is 12.3 Å². The third-order valence-corrected chi connectivity index (χ3v) is 4.42. The standard InChI is InChI=1S/C16H22ClNO3S/c1-16(2,10-9-15(20)21)18-14(19)4-3-11-22-13-7-5-12(17)6-8-13/h5-8H,3-4,9-11H2,1-2H3,(H,18,19)(H,20,21). The van der Waals surface area contributed by atoms with E-state index in [0.29, 0.717) is 17.9 Å². The van der Waals surface area contributed by atoms with Gasteiger partial charge in [0.25, 0.3) is 0 Å². The van der Waals surface area contributed by atoms with Crippen molar-refractivity contribution in [1.82, 2.24) is 5.32 Å². The van der Waals surface area contributed by atoms with Gasteiger partial charge in [-0.2, -0.15) is 0 Å². The largest absolute Gasteiger partial charge is 0.481 e. The van der Waals surface area contributed by atoms with Crippen LogP contribution in [-0.2, 0) is 9.59 Å². The van der Waals surface area contributed by atoms with E-state index in [0.717, 1.165) is 17.1 Å². The second-order valence-electron chi connectivity index (χ2n) is 5.73. The van der Waals surface area contributed by atoms with Crippen molar-refractivity contribution in [2.24, 2.45) is 0 Å². The number of nitrogens with one attached hydrogen (secondary N) is 1. The highest BCUT2D eigenvalue weighted by Crippen LogP contribution is 2.21. The predicted octanol–water partition coefficient (Wildman–Crippen LogP) is 3.97. The first-order valence-electron chi connectivity index (χ1n) is 7.20. The molecule has 1 aromatic rings. The summed E-state index contributed by atoms with van der Waals surface area (Å²) < 4.78 is 0. The highest BCUT2D eigenvalue weighted by Gasteiger charge is 2.21. The average Bonchev–Trinajstić information content (AvgIpc) is 2.43. The molecule has 6 heteroatoms. The van der Waals surface area contributed by atoms with Crippen molar-refractivity contribution in [3.05, 3.63) is 29.3 Å². The Hall–Kier alpha value is -1.20. The van der Waals surface area contributed by atoms with Crippen molar-refractivity contribution in [1.29, 1.82) is 0 Å². The van der Waals surface area contributed by atoms with Gasteiger partial charge in [0.1, 0.15) is 0 Å². The average molecular weight is 344 g/mol. The Bertz CT molecular complexity index is 503. The van der Waals surface area contributed by atoms with E-state index in [1.807, 2.05) is 38.1 Å². The second kappa shape index (κ2) is 9.06. The molecular formula is C16H22ClNO3S. The zero-order valence-corrected chi connectivity index (χ0v) is 14.5. The van der Waals surface area contributed by atoms with Crippen LogP contribution in [0.15, 0.2) is 29.2 Å². The molecule has 1 aromatic carbocycles. The lowest BCUT2D eigenvalue weighted by atomic mass is 9.98. The first-order valence-corrected chi connectivity index (χ1v) is 8.56. The van der Waals surface area contributed by atoms with Crippen LogP contribution in [0.2, 0.25) is 5.02 Å². The molecule has 0 aromatic heterocycles. The quantitative estimate of drug-likeness (QED) is 0.526. The van der Waals surface area contributed by atoms with Gasteiger partial charge in [0, 0.05) is 28.3 Å². The first kappa shape index (κ1) is 18.8. The van der Waals surface area contributed by atoms with Crippen LogP contribution in [0.4, 0.5) is 0 Å². The molecule has 0 aliphatic rings. The lowest BCUT2D eigenvalue weighted by molar-refractivity contribution is -0.137. The van der Waals surface area contributed by atoms with Crippen LogP contribution in [0.1, 0.15) is 39.5 Å². The monoisotopic (exact) mass is 343 g/mol. The number of halogens is 1. The van der Waals surface area contributed by atoms with Gasteiger partial charge < -0.3 is 10.4 Å². The normalized spacial score (nSPS) is 11.2. The highest BCUT2D eigenvalue weighted by atomic mass is 35.5. The third kappa shape index (κ3) is 8.29. The molecule has 0 radical (unpaired) electrons. The Morgan fingerprint density at radius 1 is 1.23 bits per heavy atom. The smallest absolute Gasteiger partial charge is 0.303 e. The molecule has 0 aliphatic heterocycles. The van der Waals surface area contributed by atoms with E-state index in [1.54, 1.807) is 11.8 Å². The summed E-state index contributed by atoms with van der Waals surface area (Å²) in [6.45, 7) is 3.69. The number of carbonyl (C=O) groups excluding carboxylic acids is 1. The summed E-state index contributed by atoms with van der Waals surface area (Å²) in [6.07, 6.45) is 1.69. The molecule has 4 nitrogen and oxygen atoms in total. The van der Waals surface area contributed by atoms with Crippen molar-refractivity contribution in [2.45, 2.75) is 50.0 Å². The number of amides is 1. The van der Waals surface area contributed by atoms with E-state index < -0.39 is 11.5 Å². The molecule has 22 heavy (non-hydrogen) atoms. The van der Waals surface area contributed by atoms with Gasteiger partial charge in [-0.1, -0.05) is 11.6 Å². The molecule has 0 unspecified atom stereocenters. The van der Waals surface area contributed by atoms with Crippen molar-refractivity contribution in [3.63, 3.8) is 0 Å². The van der Waals surface area contributed by atoms with Crippen LogP contribution < -0.4 is 5.32 Å². The molecule has 0 bridgehead atoms. The van der Waals surface area contributed by atoms with Crippen LogP contribution in [0.25, 0.3) is 0 Å². The minimum absolute atomic E-state index is 0.0351. The summed E-state index contributed by atoms with van der Waals surface area (Å²) in [5.41, 5.74) is -0.487. The van der Waals surface area contributed by atoms with Crippen molar-refractivity contribution >= 4 is 35.2 Å². The van der Waals surface area contributed by atoms with Gasteiger partial charge in [0.2, 0.25) is 5.91 Å². The van der Waals surface area contributed by atoms with Gasteiger partial charge in [-0.3, -0.25) is 9.59 Å². The maximum atomic E-state index is 11.9. The second-order valence-corrected chi connectivity index (χ2v) is 7.34. The number of carboxylic acids is 1. The van der Waals surface area contributed by atoms with Crippen LogP contribution in [-0.4, -0.2) is 28.3 Å². The Kier molecular flexibility index (Phi) is 7.76.